The molecule has 1 unspecified atom stereocenters. The number of anilines is 1. The van der Waals surface area contributed by atoms with Crippen molar-refractivity contribution in [1.82, 2.24) is 4.98 Å². The Bertz CT molecular complexity index is 437. The van der Waals surface area contributed by atoms with E-state index in [0.717, 1.165) is 19.5 Å². The molecule has 1 saturated heterocycles. The molecular weight excluding hydrogens is 266 g/mol. The van der Waals surface area contributed by atoms with Crippen molar-refractivity contribution in [2.75, 3.05) is 18.0 Å². The molecule has 2 rings (SSSR count). The van der Waals surface area contributed by atoms with Crippen molar-refractivity contribution >= 4 is 16.5 Å². The average Bonchev–Trinajstić information content (AvgIpc) is 3.10. The second-order valence-electron chi connectivity index (χ2n) is 6.20. The zero-order valence-corrected chi connectivity index (χ0v) is 14.2. The Morgan fingerprint density at radius 3 is 2.55 bits per heavy atom. The Morgan fingerprint density at radius 2 is 2.05 bits per heavy atom. The van der Waals surface area contributed by atoms with Gasteiger partial charge in [-0.05, 0) is 37.0 Å². The summed E-state index contributed by atoms with van der Waals surface area (Å²) in [4.78, 5) is 8.70. The maximum absolute atomic E-state index is 5.91. The van der Waals surface area contributed by atoms with E-state index in [9.17, 15) is 0 Å². The summed E-state index contributed by atoms with van der Waals surface area (Å²) in [5.41, 5.74) is 7.65. The van der Waals surface area contributed by atoms with Crippen LogP contribution in [0, 0.1) is 5.41 Å². The smallest absolute Gasteiger partial charge is 0.185 e. The van der Waals surface area contributed by atoms with Gasteiger partial charge in [-0.25, -0.2) is 4.98 Å². The van der Waals surface area contributed by atoms with Crippen LogP contribution in [0.25, 0.3) is 0 Å². The molecule has 0 spiro atoms. The molecule has 1 aromatic rings. The SMILES string of the molecule is CCC(C)c1nc(N2CCC(CC)(CC)C2)sc1CN. The summed E-state index contributed by atoms with van der Waals surface area (Å²) in [5, 5.41) is 1.20. The maximum atomic E-state index is 5.91. The van der Waals surface area contributed by atoms with Crippen molar-refractivity contribution in [3.63, 3.8) is 0 Å². The van der Waals surface area contributed by atoms with Gasteiger partial charge < -0.3 is 10.6 Å². The molecule has 4 heteroatoms. The molecule has 0 saturated carbocycles. The summed E-state index contributed by atoms with van der Waals surface area (Å²) in [7, 11) is 0. The topological polar surface area (TPSA) is 42.2 Å². The van der Waals surface area contributed by atoms with Gasteiger partial charge in [0.05, 0.1) is 5.69 Å². The zero-order valence-electron chi connectivity index (χ0n) is 13.4. The normalized spacial score (nSPS) is 19.6. The van der Waals surface area contributed by atoms with Crippen molar-refractivity contribution in [2.45, 2.75) is 65.8 Å². The largest absolute Gasteiger partial charge is 0.348 e. The van der Waals surface area contributed by atoms with Gasteiger partial charge in [0.1, 0.15) is 0 Å². The quantitative estimate of drug-likeness (QED) is 0.858. The lowest BCUT2D eigenvalue weighted by atomic mass is 9.82. The minimum atomic E-state index is 0.505. The van der Waals surface area contributed by atoms with Crippen LogP contribution < -0.4 is 10.6 Å². The first-order valence-electron chi connectivity index (χ1n) is 8.03. The van der Waals surface area contributed by atoms with Gasteiger partial charge in [-0.1, -0.05) is 27.7 Å². The number of aromatic nitrogens is 1. The average molecular weight is 295 g/mol. The summed E-state index contributed by atoms with van der Waals surface area (Å²) in [6.07, 6.45) is 4.97. The van der Waals surface area contributed by atoms with Gasteiger partial charge in [-0.15, -0.1) is 11.3 Å². The lowest BCUT2D eigenvalue weighted by Crippen LogP contribution is -2.26. The highest BCUT2D eigenvalue weighted by Gasteiger charge is 2.36. The fourth-order valence-electron chi connectivity index (χ4n) is 3.14. The molecule has 1 aliphatic heterocycles. The van der Waals surface area contributed by atoms with Crippen LogP contribution in [0.2, 0.25) is 0 Å². The van der Waals surface area contributed by atoms with Crippen LogP contribution in [0.5, 0.6) is 0 Å². The number of nitrogens with zero attached hydrogens (tertiary/aromatic N) is 2. The highest BCUT2D eigenvalue weighted by atomic mass is 32.1. The fourth-order valence-corrected chi connectivity index (χ4v) is 4.22. The number of hydrogen-bond donors (Lipinski definition) is 1. The summed E-state index contributed by atoms with van der Waals surface area (Å²) in [6.45, 7) is 12.1. The first-order valence-corrected chi connectivity index (χ1v) is 8.85. The third kappa shape index (κ3) is 2.86. The fraction of sp³-hybridized carbons (Fsp3) is 0.812. The monoisotopic (exact) mass is 295 g/mol. The van der Waals surface area contributed by atoms with Crippen LogP contribution in [0.15, 0.2) is 0 Å². The first-order chi connectivity index (χ1) is 9.59. The second-order valence-corrected chi connectivity index (χ2v) is 7.26. The zero-order chi connectivity index (χ0) is 14.8. The van der Waals surface area contributed by atoms with E-state index in [1.807, 2.05) is 11.3 Å². The van der Waals surface area contributed by atoms with Crippen LogP contribution in [0.1, 0.15) is 69.9 Å². The Kier molecular flexibility index (Phi) is 5.08. The van der Waals surface area contributed by atoms with Gasteiger partial charge in [0.15, 0.2) is 5.13 Å². The summed E-state index contributed by atoms with van der Waals surface area (Å²) in [5.74, 6) is 0.517. The molecule has 3 nitrogen and oxygen atoms in total. The van der Waals surface area contributed by atoms with Gasteiger partial charge >= 0.3 is 0 Å². The highest BCUT2D eigenvalue weighted by molar-refractivity contribution is 7.15. The molecule has 2 N–H and O–H groups in total. The summed E-state index contributed by atoms with van der Waals surface area (Å²) in [6, 6.07) is 0. The number of hydrogen-bond acceptors (Lipinski definition) is 4. The van der Waals surface area contributed by atoms with Crippen molar-refractivity contribution < 1.29 is 0 Å². The van der Waals surface area contributed by atoms with Crippen LogP contribution in [0.4, 0.5) is 5.13 Å². The van der Waals surface area contributed by atoms with Crippen LogP contribution in [-0.2, 0) is 6.54 Å². The Morgan fingerprint density at radius 1 is 1.35 bits per heavy atom. The molecule has 0 bridgehead atoms. The highest BCUT2D eigenvalue weighted by Crippen LogP contribution is 2.41. The van der Waals surface area contributed by atoms with E-state index in [0.29, 0.717) is 17.9 Å². The van der Waals surface area contributed by atoms with Crippen molar-refractivity contribution in [3.8, 4) is 0 Å². The summed E-state index contributed by atoms with van der Waals surface area (Å²) >= 11 is 1.81. The third-order valence-electron chi connectivity index (χ3n) is 5.19. The lowest BCUT2D eigenvalue weighted by molar-refractivity contribution is 0.301. The van der Waals surface area contributed by atoms with Crippen LogP contribution in [0.3, 0.4) is 0 Å². The minimum Gasteiger partial charge on any atom is -0.348 e. The van der Waals surface area contributed by atoms with Gasteiger partial charge in [-0.3, -0.25) is 0 Å². The van der Waals surface area contributed by atoms with E-state index >= 15 is 0 Å². The number of thiazole rings is 1. The molecule has 2 heterocycles. The van der Waals surface area contributed by atoms with Gasteiger partial charge in [0, 0.05) is 24.5 Å². The van der Waals surface area contributed by atoms with Crippen molar-refractivity contribution in [3.05, 3.63) is 10.6 Å². The number of rotatable bonds is 6. The Balaban J connectivity index is 2.20. The van der Waals surface area contributed by atoms with Crippen molar-refractivity contribution in [2.24, 2.45) is 11.1 Å². The molecule has 0 radical (unpaired) electrons. The second kappa shape index (κ2) is 6.44. The van der Waals surface area contributed by atoms with Crippen LogP contribution in [-0.4, -0.2) is 18.1 Å². The molecule has 0 amide bonds. The molecular formula is C16H29N3S. The van der Waals surface area contributed by atoms with E-state index in [4.69, 9.17) is 10.7 Å². The summed E-state index contributed by atoms with van der Waals surface area (Å²) < 4.78 is 0. The van der Waals surface area contributed by atoms with Gasteiger partial charge in [0.25, 0.3) is 0 Å². The maximum Gasteiger partial charge on any atom is 0.185 e. The molecule has 0 aliphatic carbocycles. The Labute approximate surface area is 127 Å². The van der Waals surface area contributed by atoms with Gasteiger partial charge in [0.2, 0.25) is 0 Å². The van der Waals surface area contributed by atoms with E-state index < -0.39 is 0 Å². The van der Waals surface area contributed by atoms with E-state index in [1.54, 1.807) is 0 Å². The minimum absolute atomic E-state index is 0.505. The molecule has 1 aliphatic rings. The van der Waals surface area contributed by atoms with E-state index in [-0.39, 0.29) is 0 Å². The third-order valence-corrected chi connectivity index (χ3v) is 6.34. The predicted octanol–water partition coefficient (Wildman–Crippen LogP) is 4.13. The van der Waals surface area contributed by atoms with Crippen LogP contribution >= 0.6 is 11.3 Å². The molecule has 1 atom stereocenters. The van der Waals surface area contributed by atoms with Gasteiger partial charge in [-0.2, -0.15) is 0 Å². The van der Waals surface area contributed by atoms with Crippen molar-refractivity contribution in [1.29, 1.82) is 0 Å². The molecule has 0 aromatic carbocycles. The first kappa shape index (κ1) is 15.8. The predicted molar refractivity (Wildman–Crippen MR) is 88.6 cm³/mol. The number of nitrogens with two attached hydrogens (primary N) is 1. The molecule has 114 valence electrons. The molecule has 20 heavy (non-hydrogen) atoms. The standard InChI is InChI=1S/C16H29N3S/c1-5-12(4)14-13(10-17)20-15(18-14)19-9-8-16(6-2,7-3)11-19/h12H,5-11,17H2,1-4H3. The lowest BCUT2D eigenvalue weighted by Gasteiger charge is -2.26. The van der Waals surface area contributed by atoms with E-state index in [2.05, 4.69) is 32.6 Å². The molecule has 1 fully saturated rings. The van der Waals surface area contributed by atoms with E-state index in [1.165, 1.54) is 35.0 Å². The molecule has 1 aromatic heterocycles. The Hall–Kier alpha value is -0.610.